The standard InChI is InChI=1S/C18H16BNO2/c1-13-11-18(15-5-3-2-4-6-15)20-12-17(13)14-7-9-16(10-8-14)19(21)22/h2-12,21-22H,1H3. The quantitative estimate of drug-likeness (QED) is 0.728. The maximum atomic E-state index is 9.15. The first-order chi connectivity index (χ1) is 10.6. The summed E-state index contributed by atoms with van der Waals surface area (Å²) in [5.74, 6) is 0. The zero-order valence-corrected chi connectivity index (χ0v) is 12.3. The molecule has 108 valence electrons. The zero-order chi connectivity index (χ0) is 15.5. The van der Waals surface area contributed by atoms with E-state index >= 15 is 0 Å². The summed E-state index contributed by atoms with van der Waals surface area (Å²) in [5.41, 5.74) is 5.70. The molecule has 0 aliphatic heterocycles. The van der Waals surface area contributed by atoms with Crippen LogP contribution in [0.5, 0.6) is 0 Å². The van der Waals surface area contributed by atoms with Gasteiger partial charge in [0.25, 0.3) is 0 Å². The Kier molecular flexibility index (Phi) is 4.05. The van der Waals surface area contributed by atoms with E-state index in [4.69, 9.17) is 10.0 Å². The highest BCUT2D eigenvalue weighted by Crippen LogP contribution is 2.26. The molecule has 1 aromatic heterocycles. The van der Waals surface area contributed by atoms with Gasteiger partial charge in [-0.3, -0.25) is 4.98 Å². The van der Waals surface area contributed by atoms with Crippen LogP contribution in [0.15, 0.2) is 66.9 Å². The van der Waals surface area contributed by atoms with Gasteiger partial charge in [-0.25, -0.2) is 0 Å². The average molecular weight is 289 g/mol. The summed E-state index contributed by atoms with van der Waals surface area (Å²) in [4.78, 5) is 4.54. The number of benzene rings is 2. The summed E-state index contributed by atoms with van der Waals surface area (Å²) < 4.78 is 0. The molecular formula is C18H16BNO2. The monoisotopic (exact) mass is 289 g/mol. The summed E-state index contributed by atoms with van der Waals surface area (Å²) in [5, 5.41) is 18.3. The van der Waals surface area contributed by atoms with Crippen LogP contribution in [0.25, 0.3) is 22.4 Å². The largest absolute Gasteiger partial charge is 0.488 e. The number of nitrogens with zero attached hydrogens (tertiary/aromatic N) is 1. The molecule has 2 aromatic carbocycles. The molecule has 0 amide bonds. The lowest BCUT2D eigenvalue weighted by Crippen LogP contribution is -2.29. The van der Waals surface area contributed by atoms with E-state index in [-0.39, 0.29) is 0 Å². The maximum Gasteiger partial charge on any atom is 0.488 e. The molecule has 22 heavy (non-hydrogen) atoms. The number of hydrogen-bond donors (Lipinski definition) is 2. The van der Waals surface area contributed by atoms with Gasteiger partial charge >= 0.3 is 7.12 Å². The lowest BCUT2D eigenvalue weighted by molar-refractivity contribution is 0.426. The van der Waals surface area contributed by atoms with E-state index in [9.17, 15) is 0 Å². The van der Waals surface area contributed by atoms with E-state index in [1.807, 2.05) is 48.7 Å². The number of pyridine rings is 1. The topological polar surface area (TPSA) is 53.4 Å². The zero-order valence-electron chi connectivity index (χ0n) is 12.3. The molecule has 3 rings (SSSR count). The lowest BCUT2D eigenvalue weighted by atomic mass is 9.80. The lowest BCUT2D eigenvalue weighted by Gasteiger charge is -2.09. The van der Waals surface area contributed by atoms with Crippen LogP contribution in [-0.2, 0) is 0 Å². The summed E-state index contributed by atoms with van der Waals surface area (Å²) >= 11 is 0. The van der Waals surface area contributed by atoms with Gasteiger partial charge in [-0.1, -0.05) is 54.6 Å². The van der Waals surface area contributed by atoms with Crippen LogP contribution < -0.4 is 5.46 Å². The Hall–Kier alpha value is -2.43. The first kappa shape index (κ1) is 14.5. The molecule has 3 nitrogen and oxygen atoms in total. The highest BCUT2D eigenvalue weighted by Gasteiger charge is 2.11. The molecule has 0 saturated carbocycles. The molecule has 0 radical (unpaired) electrons. The van der Waals surface area contributed by atoms with Gasteiger partial charge in [-0.15, -0.1) is 0 Å². The highest BCUT2D eigenvalue weighted by atomic mass is 16.4. The molecule has 0 saturated heterocycles. The van der Waals surface area contributed by atoms with Crippen molar-refractivity contribution in [3.8, 4) is 22.4 Å². The van der Waals surface area contributed by atoms with Gasteiger partial charge in [0, 0.05) is 17.3 Å². The van der Waals surface area contributed by atoms with Crippen molar-refractivity contribution < 1.29 is 10.0 Å². The molecule has 2 N–H and O–H groups in total. The van der Waals surface area contributed by atoms with Gasteiger partial charge in [0.1, 0.15) is 0 Å². The Morgan fingerprint density at radius 2 is 1.55 bits per heavy atom. The van der Waals surface area contributed by atoms with Gasteiger partial charge in [0.2, 0.25) is 0 Å². The van der Waals surface area contributed by atoms with Crippen molar-refractivity contribution in [2.45, 2.75) is 6.92 Å². The smallest absolute Gasteiger partial charge is 0.423 e. The summed E-state index contributed by atoms with van der Waals surface area (Å²) in [6.45, 7) is 2.05. The third kappa shape index (κ3) is 2.93. The van der Waals surface area contributed by atoms with Gasteiger partial charge in [-0.05, 0) is 29.6 Å². The van der Waals surface area contributed by atoms with E-state index in [0.29, 0.717) is 5.46 Å². The van der Waals surface area contributed by atoms with Crippen LogP contribution in [0.4, 0.5) is 0 Å². The molecular weight excluding hydrogens is 273 g/mol. The Balaban J connectivity index is 1.95. The predicted octanol–water partition coefficient (Wildman–Crippen LogP) is 2.40. The fraction of sp³-hybridized carbons (Fsp3) is 0.0556. The molecule has 4 heteroatoms. The van der Waals surface area contributed by atoms with Crippen molar-refractivity contribution in [2.24, 2.45) is 0 Å². The molecule has 0 aliphatic carbocycles. The number of rotatable bonds is 3. The second kappa shape index (κ2) is 6.14. The van der Waals surface area contributed by atoms with E-state index in [1.165, 1.54) is 0 Å². The van der Waals surface area contributed by atoms with Gasteiger partial charge < -0.3 is 10.0 Å². The van der Waals surface area contributed by atoms with Crippen LogP contribution in [-0.4, -0.2) is 22.2 Å². The Morgan fingerprint density at radius 3 is 2.14 bits per heavy atom. The number of aromatic nitrogens is 1. The molecule has 0 bridgehead atoms. The van der Waals surface area contributed by atoms with E-state index in [2.05, 4.69) is 18.0 Å². The van der Waals surface area contributed by atoms with E-state index in [1.54, 1.807) is 12.1 Å². The van der Waals surface area contributed by atoms with E-state index in [0.717, 1.165) is 27.9 Å². The van der Waals surface area contributed by atoms with Crippen molar-refractivity contribution in [3.63, 3.8) is 0 Å². The number of hydrogen-bond acceptors (Lipinski definition) is 3. The Labute approximate surface area is 130 Å². The van der Waals surface area contributed by atoms with E-state index < -0.39 is 7.12 Å². The third-order valence-electron chi connectivity index (χ3n) is 3.70. The van der Waals surface area contributed by atoms with Crippen LogP contribution >= 0.6 is 0 Å². The first-order valence-electron chi connectivity index (χ1n) is 7.13. The normalized spacial score (nSPS) is 10.5. The van der Waals surface area contributed by atoms with Crippen LogP contribution in [0.3, 0.4) is 0 Å². The predicted molar refractivity (Wildman–Crippen MR) is 89.7 cm³/mol. The molecule has 0 atom stereocenters. The Morgan fingerprint density at radius 1 is 0.864 bits per heavy atom. The fourth-order valence-electron chi connectivity index (χ4n) is 2.46. The molecule has 0 unspecified atom stereocenters. The van der Waals surface area contributed by atoms with Gasteiger partial charge in [0.05, 0.1) is 5.69 Å². The van der Waals surface area contributed by atoms with Gasteiger partial charge in [-0.2, -0.15) is 0 Å². The van der Waals surface area contributed by atoms with Crippen molar-refractivity contribution in [2.75, 3.05) is 0 Å². The number of aryl methyl sites for hydroxylation is 1. The SMILES string of the molecule is Cc1cc(-c2ccccc2)ncc1-c1ccc(B(O)O)cc1. The molecule has 0 fully saturated rings. The van der Waals surface area contributed by atoms with Crippen LogP contribution in [0.1, 0.15) is 5.56 Å². The second-order valence-corrected chi connectivity index (χ2v) is 5.25. The highest BCUT2D eigenvalue weighted by molar-refractivity contribution is 6.58. The van der Waals surface area contributed by atoms with Crippen LogP contribution in [0.2, 0.25) is 0 Å². The Bertz CT molecular complexity index is 771. The van der Waals surface area contributed by atoms with Crippen molar-refractivity contribution in [3.05, 3.63) is 72.4 Å². The fourth-order valence-corrected chi connectivity index (χ4v) is 2.46. The summed E-state index contributed by atoms with van der Waals surface area (Å²) in [7, 11) is -1.44. The minimum Gasteiger partial charge on any atom is -0.423 e. The molecule has 0 aliphatic rings. The minimum atomic E-state index is -1.44. The molecule has 3 aromatic rings. The van der Waals surface area contributed by atoms with Crippen LogP contribution in [0, 0.1) is 6.92 Å². The summed E-state index contributed by atoms with van der Waals surface area (Å²) in [6, 6.07) is 19.3. The maximum absolute atomic E-state index is 9.15. The molecule has 1 heterocycles. The average Bonchev–Trinajstić information content (AvgIpc) is 2.56. The third-order valence-corrected chi connectivity index (χ3v) is 3.70. The molecule has 0 spiro atoms. The second-order valence-electron chi connectivity index (χ2n) is 5.25. The minimum absolute atomic E-state index is 0.482. The first-order valence-corrected chi connectivity index (χ1v) is 7.13. The van der Waals surface area contributed by atoms with Gasteiger partial charge in [0.15, 0.2) is 0 Å². The van der Waals surface area contributed by atoms with Crippen molar-refractivity contribution in [1.82, 2.24) is 4.98 Å². The summed E-state index contributed by atoms with van der Waals surface area (Å²) in [6.07, 6.45) is 1.86. The van der Waals surface area contributed by atoms with Crippen molar-refractivity contribution in [1.29, 1.82) is 0 Å². The van der Waals surface area contributed by atoms with Crippen molar-refractivity contribution >= 4 is 12.6 Å².